The van der Waals surface area contributed by atoms with Gasteiger partial charge in [-0.15, -0.1) is 15.9 Å². The van der Waals surface area contributed by atoms with E-state index in [4.69, 9.17) is 4.74 Å². The number of hydrogen-bond acceptors (Lipinski definition) is 8. The van der Waals surface area contributed by atoms with Crippen molar-refractivity contribution in [1.29, 1.82) is 0 Å². The number of pyridine rings is 1. The van der Waals surface area contributed by atoms with Crippen LogP contribution in [0.3, 0.4) is 0 Å². The lowest BCUT2D eigenvalue weighted by Crippen LogP contribution is -2.48. The number of carbonyl (C=O) groups is 1. The third-order valence-corrected chi connectivity index (χ3v) is 11.8. The summed E-state index contributed by atoms with van der Waals surface area (Å²) in [4.78, 5) is 26.5. The molecular formula is C38H46N6O5S. The molecule has 1 unspecified atom stereocenters. The number of amides is 1. The molecule has 50 heavy (non-hydrogen) atoms. The van der Waals surface area contributed by atoms with Crippen molar-refractivity contribution in [2.75, 3.05) is 6.54 Å². The lowest BCUT2D eigenvalue weighted by molar-refractivity contribution is 0.0905. The molecule has 11 nitrogen and oxygen atoms in total. The van der Waals surface area contributed by atoms with Gasteiger partial charge in [-0.05, 0) is 93.1 Å². The Morgan fingerprint density at radius 1 is 1.08 bits per heavy atom. The summed E-state index contributed by atoms with van der Waals surface area (Å²) in [5.41, 5.74) is 5.63. The minimum atomic E-state index is -3.37. The van der Waals surface area contributed by atoms with Crippen LogP contribution < -0.4 is 15.6 Å². The van der Waals surface area contributed by atoms with Gasteiger partial charge in [-0.25, -0.2) is 4.68 Å². The van der Waals surface area contributed by atoms with Crippen molar-refractivity contribution < 1.29 is 18.6 Å². The maximum Gasteiger partial charge on any atom is 0.251 e. The zero-order valence-corrected chi connectivity index (χ0v) is 30.5. The van der Waals surface area contributed by atoms with Gasteiger partial charge in [0.25, 0.3) is 11.5 Å². The molecule has 1 amide bonds. The fraction of sp³-hybridized carbons (Fsp3) is 0.368. The highest BCUT2D eigenvalue weighted by molar-refractivity contribution is 8.22. The predicted octanol–water partition coefficient (Wildman–Crippen LogP) is 6.80. The van der Waals surface area contributed by atoms with Gasteiger partial charge in [0.05, 0.1) is 12.1 Å². The van der Waals surface area contributed by atoms with Gasteiger partial charge in [0.15, 0.2) is 0 Å². The Bertz CT molecular complexity index is 2120. The normalized spacial score (nSPS) is 17.4. The molecule has 2 aromatic heterocycles. The minimum absolute atomic E-state index is 0.226. The fourth-order valence-corrected chi connectivity index (χ4v) is 8.52. The summed E-state index contributed by atoms with van der Waals surface area (Å²) in [5, 5.41) is 12.1. The third kappa shape index (κ3) is 6.56. The van der Waals surface area contributed by atoms with Gasteiger partial charge in [-0.3, -0.25) is 18.7 Å². The minimum Gasteiger partial charge on any atom is -0.487 e. The van der Waals surface area contributed by atoms with Crippen LogP contribution in [0.5, 0.6) is 5.75 Å². The number of aromatic nitrogens is 4. The largest absolute Gasteiger partial charge is 0.487 e. The van der Waals surface area contributed by atoms with E-state index in [2.05, 4.69) is 33.8 Å². The van der Waals surface area contributed by atoms with E-state index in [9.17, 15) is 18.7 Å². The maximum absolute atomic E-state index is 13.7. The van der Waals surface area contributed by atoms with Gasteiger partial charge < -0.3 is 14.6 Å². The first-order chi connectivity index (χ1) is 23.7. The molecule has 5 aromatic rings. The number of ether oxygens (including phenoxy) is 1. The van der Waals surface area contributed by atoms with Crippen molar-refractivity contribution in [2.24, 2.45) is 7.05 Å². The molecular weight excluding hydrogens is 653 g/mol. The average molecular weight is 699 g/mol. The second-order valence-electron chi connectivity index (χ2n) is 13.6. The van der Waals surface area contributed by atoms with Gasteiger partial charge >= 0.3 is 0 Å². The molecule has 3 heterocycles. The Labute approximate surface area is 294 Å². The zero-order valence-electron chi connectivity index (χ0n) is 29.7. The molecule has 3 N–H and O–H groups in total. The summed E-state index contributed by atoms with van der Waals surface area (Å²) in [7, 11) is -1.72. The van der Waals surface area contributed by atoms with E-state index in [0.717, 1.165) is 38.9 Å². The van der Waals surface area contributed by atoms with E-state index in [1.807, 2.05) is 64.4 Å². The maximum atomic E-state index is 13.7. The van der Waals surface area contributed by atoms with Crippen molar-refractivity contribution in [2.45, 2.75) is 83.5 Å². The first kappa shape index (κ1) is 35.3. The van der Waals surface area contributed by atoms with Crippen LogP contribution in [-0.2, 0) is 20.1 Å². The van der Waals surface area contributed by atoms with Crippen molar-refractivity contribution >= 4 is 27.7 Å². The second-order valence-corrected chi connectivity index (χ2v) is 15.6. The second kappa shape index (κ2) is 13.7. The lowest BCUT2D eigenvalue weighted by Gasteiger charge is -2.42. The SMILES string of the molecule is CCC1CN(Cc2cc([C@@H](c3ccc4c(nnn4CC)c3C)C(C)(C)NC(=O)c3ccn(C)c(=O)c3)ccc2C)S(O)(O)c2ccccc2O1. The molecule has 0 aliphatic carbocycles. The first-order valence-corrected chi connectivity index (χ1v) is 18.5. The van der Waals surface area contributed by atoms with Gasteiger partial charge in [-0.2, -0.15) is 4.31 Å². The number of nitrogens with zero attached hydrogens (tertiary/aromatic N) is 5. The van der Waals surface area contributed by atoms with E-state index < -0.39 is 16.3 Å². The molecule has 0 saturated heterocycles. The summed E-state index contributed by atoms with van der Waals surface area (Å²) < 4.78 is 34.7. The van der Waals surface area contributed by atoms with Gasteiger partial charge in [0.2, 0.25) is 0 Å². The van der Waals surface area contributed by atoms with Crippen molar-refractivity contribution in [3.8, 4) is 5.75 Å². The quantitative estimate of drug-likeness (QED) is 0.153. The Morgan fingerprint density at radius 2 is 1.84 bits per heavy atom. The number of carbonyl (C=O) groups excluding carboxylic acids is 1. The van der Waals surface area contributed by atoms with Crippen LogP contribution in [-0.4, -0.2) is 57.1 Å². The molecule has 0 saturated carbocycles. The van der Waals surface area contributed by atoms with Crippen LogP contribution in [0.4, 0.5) is 0 Å². The van der Waals surface area contributed by atoms with Crippen LogP contribution >= 0.6 is 10.8 Å². The smallest absolute Gasteiger partial charge is 0.251 e. The third-order valence-electron chi connectivity index (χ3n) is 9.83. The number of rotatable bonds is 9. The highest BCUT2D eigenvalue weighted by Crippen LogP contribution is 2.57. The summed E-state index contributed by atoms with van der Waals surface area (Å²) >= 11 is 0. The number of para-hydroxylation sites is 1. The van der Waals surface area contributed by atoms with E-state index >= 15 is 0 Å². The number of fused-ring (bicyclic) bond motifs is 2. The van der Waals surface area contributed by atoms with E-state index in [1.54, 1.807) is 41.8 Å². The zero-order chi connectivity index (χ0) is 36.0. The topological polar surface area (TPSA) is 135 Å². The molecule has 264 valence electrons. The number of nitrogens with one attached hydrogen (secondary N) is 1. The molecule has 0 bridgehead atoms. The van der Waals surface area contributed by atoms with E-state index in [1.165, 1.54) is 10.6 Å². The standard InChI is InChI=1S/C38H46N6O5S/c1-8-29-23-43(50(47,48)33-13-11-10-12-32(33)49-29)22-28-20-26(15-14-24(28)3)35(30-16-17-31-36(25(30)4)40-41-44(31)9-2)38(5,6)39-37(46)27-18-19-42(7)34(45)21-27/h10-21,29,35,47-48H,8-9,22-23H2,1-7H3,(H,39,46)/t29?,35-/m0/s1. The summed E-state index contributed by atoms with van der Waals surface area (Å²) in [6, 6.07) is 20.4. The van der Waals surface area contributed by atoms with Crippen molar-refractivity contribution in [1.82, 2.24) is 29.2 Å². The molecule has 0 fully saturated rings. The number of hydrogen-bond donors (Lipinski definition) is 3. The highest BCUT2D eigenvalue weighted by Gasteiger charge is 2.38. The summed E-state index contributed by atoms with van der Waals surface area (Å²) in [6.45, 7) is 13.3. The van der Waals surface area contributed by atoms with Crippen LogP contribution in [0.2, 0.25) is 0 Å². The molecule has 0 radical (unpaired) electrons. The lowest BCUT2D eigenvalue weighted by atomic mass is 9.74. The van der Waals surface area contributed by atoms with Crippen molar-refractivity contribution in [3.63, 3.8) is 0 Å². The van der Waals surface area contributed by atoms with Crippen LogP contribution in [0.1, 0.15) is 78.2 Å². The highest BCUT2D eigenvalue weighted by atomic mass is 32.3. The first-order valence-electron chi connectivity index (χ1n) is 17.0. The van der Waals surface area contributed by atoms with Crippen LogP contribution in [0.15, 0.2) is 82.6 Å². The van der Waals surface area contributed by atoms with E-state index in [0.29, 0.717) is 30.2 Å². The monoisotopic (exact) mass is 698 g/mol. The number of aryl methyl sites for hydroxylation is 4. The average Bonchev–Trinajstić information content (AvgIpc) is 3.47. The Balaban J connectivity index is 1.45. The molecule has 1 aliphatic rings. The molecule has 1 aliphatic heterocycles. The van der Waals surface area contributed by atoms with Crippen molar-refractivity contribution in [3.05, 3.63) is 117 Å². The summed E-state index contributed by atoms with van der Waals surface area (Å²) in [6.07, 6.45) is 2.06. The predicted molar refractivity (Wildman–Crippen MR) is 197 cm³/mol. The van der Waals surface area contributed by atoms with Crippen LogP contribution in [0.25, 0.3) is 11.0 Å². The molecule has 12 heteroatoms. The fourth-order valence-electron chi connectivity index (χ4n) is 6.90. The Hall–Kier alpha value is -4.49. The Morgan fingerprint density at radius 3 is 2.56 bits per heavy atom. The molecule has 2 atom stereocenters. The number of benzene rings is 3. The molecule has 3 aromatic carbocycles. The van der Waals surface area contributed by atoms with Gasteiger partial charge in [0.1, 0.15) is 22.3 Å². The molecule has 6 rings (SSSR count). The van der Waals surface area contributed by atoms with Gasteiger partial charge in [0, 0.05) is 49.4 Å². The van der Waals surface area contributed by atoms with Crippen LogP contribution in [0, 0.1) is 13.8 Å². The van der Waals surface area contributed by atoms with Gasteiger partial charge in [-0.1, -0.05) is 48.5 Å². The molecule has 0 spiro atoms. The van der Waals surface area contributed by atoms with E-state index in [-0.39, 0.29) is 35.6 Å². The summed E-state index contributed by atoms with van der Waals surface area (Å²) in [5.74, 6) is -0.235. The Kier molecular flexibility index (Phi) is 9.66.